The Labute approximate surface area is 137 Å². The first-order chi connectivity index (χ1) is 11.6. The minimum absolute atomic E-state index is 0.0119. The van der Waals surface area contributed by atoms with Crippen LogP contribution in [0.25, 0.3) is 0 Å². The van der Waals surface area contributed by atoms with Crippen molar-refractivity contribution in [1.29, 1.82) is 0 Å². The minimum Gasteiger partial charge on any atom is -0.507 e. The van der Waals surface area contributed by atoms with Crippen molar-refractivity contribution in [2.45, 2.75) is 12.3 Å². The SMILES string of the molecule is NC(=O)N/N=C(\C[C@H]1C(=O)Oc2ccccc21)c1ccccc1O. The molecule has 0 aromatic heterocycles. The molecule has 24 heavy (non-hydrogen) atoms. The van der Waals surface area contributed by atoms with Gasteiger partial charge in [0.25, 0.3) is 0 Å². The normalized spacial score (nSPS) is 16.4. The molecule has 0 aliphatic carbocycles. The van der Waals surface area contributed by atoms with Gasteiger partial charge in [-0.2, -0.15) is 5.10 Å². The lowest BCUT2D eigenvalue weighted by atomic mass is 9.92. The number of nitrogens with two attached hydrogens (primary N) is 1. The van der Waals surface area contributed by atoms with Gasteiger partial charge in [0.15, 0.2) is 0 Å². The third-order valence-corrected chi connectivity index (χ3v) is 3.70. The molecule has 0 saturated heterocycles. The molecule has 0 spiro atoms. The molecule has 1 aliphatic heterocycles. The Kier molecular flexibility index (Phi) is 4.15. The Morgan fingerprint density at radius 3 is 2.67 bits per heavy atom. The van der Waals surface area contributed by atoms with Crippen molar-refractivity contribution in [3.63, 3.8) is 0 Å². The molecule has 2 aromatic rings. The molecule has 2 amide bonds. The van der Waals surface area contributed by atoms with E-state index in [0.29, 0.717) is 17.0 Å². The number of para-hydroxylation sites is 2. The molecule has 1 atom stereocenters. The number of phenolic OH excluding ortho intramolecular Hbond substituents is 1. The van der Waals surface area contributed by atoms with E-state index in [1.807, 2.05) is 6.07 Å². The number of carbonyl (C=O) groups is 2. The maximum atomic E-state index is 12.2. The summed E-state index contributed by atoms with van der Waals surface area (Å²) in [4.78, 5) is 23.1. The number of hydrogen-bond acceptors (Lipinski definition) is 5. The Hall–Kier alpha value is -3.35. The smallest absolute Gasteiger partial charge is 0.332 e. The fourth-order valence-electron chi connectivity index (χ4n) is 2.61. The topological polar surface area (TPSA) is 114 Å². The minimum atomic E-state index is -0.836. The van der Waals surface area contributed by atoms with Crippen LogP contribution in [0.1, 0.15) is 23.5 Å². The number of nitrogens with one attached hydrogen (secondary N) is 1. The van der Waals surface area contributed by atoms with Crippen molar-refractivity contribution < 1.29 is 19.4 Å². The second-order valence-electron chi connectivity index (χ2n) is 5.27. The molecule has 1 heterocycles. The van der Waals surface area contributed by atoms with E-state index in [4.69, 9.17) is 10.5 Å². The van der Waals surface area contributed by atoms with E-state index in [0.717, 1.165) is 5.56 Å². The standard InChI is InChI=1S/C17H15N3O4/c18-17(23)20-19-13(11-6-1-3-7-14(11)21)9-12-10-5-2-4-8-15(10)24-16(12)22/h1-8,12,21H,9H2,(H3,18,20,23)/b19-13+/t12-/m1/s1. The van der Waals surface area contributed by atoms with Crippen LogP contribution in [0.3, 0.4) is 0 Å². The van der Waals surface area contributed by atoms with Gasteiger partial charge in [-0.3, -0.25) is 4.79 Å². The molecule has 0 radical (unpaired) electrons. The van der Waals surface area contributed by atoms with Gasteiger partial charge in [0.05, 0.1) is 11.6 Å². The monoisotopic (exact) mass is 325 g/mol. The van der Waals surface area contributed by atoms with Gasteiger partial charge in [-0.05, 0) is 18.2 Å². The fraction of sp³-hybridized carbons (Fsp3) is 0.118. The van der Waals surface area contributed by atoms with Crippen LogP contribution in [0.4, 0.5) is 4.79 Å². The quantitative estimate of drug-likeness (QED) is 0.344. The van der Waals surface area contributed by atoms with Crippen molar-refractivity contribution in [2.75, 3.05) is 0 Å². The zero-order valence-corrected chi connectivity index (χ0v) is 12.6. The summed E-state index contributed by atoms with van der Waals surface area (Å²) in [5, 5.41) is 14.0. The molecule has 7 heteroatoms. The molecule has 0 bridgehead atoms. The van der Waals surface area contributed by atoms with Crippen LogP contribution in [0.5, 0.6) is 11.5 Å². The van der Waals surface area contributed by atoms with Crippen molar-refractivity contribution in [2.24, 2.45) is 10.8 Å². The summed E-state index contributed by atoms with van der Waals surface area (Å²) in [6.07, 6.45) is 0.147. The third-order valence-electron chi connectivity index (χ3n) is 3.70. The molecule has 7 nitrogen and oxygen atoms in total. The number of hydrazone groups is 1. The van der Waals surface area contributed by atoms with E-state index in [9.17, 15) is 14.7 Å². The summed E-state index contributed by atoms with van der Waals surface area (Å²) in [6.45, 7) is 0. The van der Waals surface area contributed by atoms with Gasteiger partial charge >= 0.3 is 12.0 Å². The van der Waals surface area contributed by atoms with Crippen molar-refractivity contribution in [3.05, 3.63) is 59.7 Å². The summed E-state index contributed by atoms with van der Waals surface area (Å²) in [7, 11) is 0. The fourth-order valence-corrected chi connectivity index (χ4v) is 2.61. The van der Waals surface area contributed by atoms with Gasteiger partial charge in [0.2, 0.25) is 0 Å². The molecular formula is C17H15N3O4. The Bertz CT molecular complexity index is 832. The van der Waals surface area contributed by atoms with Crippen LogP contribution >= 0.6 is 0 Å². The van der Waals surface area contributed by atoms with Crippen molar-refractivity contribution in [3.8, 4) is 11.5 Å². The van der Waals surface area contributed by atoms with Gasteiger partial charge in [0, 0.05) is 17.5 Å². The van der Waals surface area contributed by atoms with Crippen molar-refractivity contribution >= 4 is 17.7 Å². The maximum absolute atomic E-state index is 12.2. The first-order valence-corrected chi connectivity index (χ1v) is 7.27. The van der Waals surface area contributed by atoms with Crippen LogP contribution in [0.15, 0.2) is 53.6 Å². The molecule has 2 aromatic carbocycles. The number of hydrogen-bond donors (Lipinski definition) is 3. The van der Waals surface area contributed by atoms with Crippen LogP contribution in [0, 0.1) is 0 Å². The number of nitrogens with zero attached hydrogens (tertiary/aromatic N) is 1. The van der Waals surface area contributed by atoms with Crippen molar-refractivity contribution in [1.82, 2.24) is 5.43 Å². The van der Waals surface area contributed by atoms with Gasteiger partial charge in [-0.25, -0.2) is 10.2 Å². The summed E-state index contributed by atoms with van der Waals surface area (Å²) in [6, 6.07) is 12.8. The van der Waals surface area contributed by atoms with Crippen LogP contribution in [-0.2, 0) is 4.79 Å². The van der Waals surface area contributed by atoms with Gasteiger partial charge in [0.1, 0.15) is 11.5 Å². The summed E-state index contributed by atoms with van der Waals surface area (Å²) in [5.41, 5.74) is 8.68. The number of aromatic hydroxyl groups is 1. The molecule has 0 saturated carbocycles. The highest BCUT2D eigenvalue weighted by atomic mass is 16.5. The Balaban J connectivity index is 1.96. The first-order valence-electron chi connectivity index (χ1n) is 7.27. The maximum Gasteiger partial charge on any atom is 0.332 e. The highest BCUT2D eigenvalue weighted by Gasteiger charge is 2.34. The lowest BCUT2D eigenvalue weighted by Gasteiger charge is -2.12. The molecule has 122 valence electrons. The van der Waals surface area contributed by atoms with Gasteiger partial charge in [-0.15, -0.1) is 0 Å². The van der Waals surface area contributed by atoms with E-state index in [1.165, 1.54) is 6.07 Å². The number of urea groups is 1. The number of esters is 1. The molecule has 4 N–H and O–H groups in total. The molecular weight excluding hydrogens is 310 g/mol. The van der Waals surface area contributed by atoms with E-state index in [2.05, 4.69) is 10.5 Å². The van der Waals surface area contributed by atoms with E-state index in [-0.39, 0.29) is 12.2 Å². The number of phenols is 1. The van der Waals surface area contributed by atoms with Gasteiger partial charge < -0.3 is 15.6 Å². The first kappa shape index (κ1) is 15.5. The number of carbonyl (C=O) groups excluding carboxylic acids is 2. The lowest BCUT2D eigenvalue weighted by Crippen LogP contribution is -2.27. The van der Waals surface area contributed by atoms with E-state index >= 15 is 0 Å². The summed E-state index contributed by atoms with van der Waals surface area (Å²) < 4.78 is 5.24. The van der Waals surface area contributed by atoms with Crippen LogP contribution < -0.4 is 15.9 Å². The van der Waals surface area contributed by atoms with E-state index in [1.54, 1.807) is 36.4 Å². The number of primary amides is 1. The molecule has 3 rings (SSSR count). The average Bonchev–Trinajstić information content (AvgIpc) is 2.87. The highest BCUT2D eigenvalue weighted by Crippen LogP contribution is 2.37. The average molecular weight is 325 g/mol. The highest BCUT2D eigenvalue weighted by molar-refractivity contribution is 6.06. The predicted octanol–water partition coefficient (Wildman–Crippen LogP) is 1.86. The number of fused-ring (bicyclic) bond motifs is 1. The summed E-state index contributed by atoms with van der Waals surface area (Å²) >= 11 is 0. The second kappa shape index (κ2) is 6.41. The number of rotatable bonds is 4. The number of amides is 2. The van der Waals surface area contributed by atoms with Crippen LogP contribution in [-0.4, -0.2) is 22.8 Å². The number of ether oxygens (including phenoxy) is 1. The number of benzene rings is 2. The predicted molar refractivity (Wildman–Crippen MR) is 86.8 cm³/mol. The molecule has 1 aliphatic rings. The largest absolute Gasteiger partial charge is 0.507 e. The zero-order valence-electron chi connectivity index (χ0n) is 12.6. The lowest BCUT2D eigenvalue weighted by molar-refractivity contribution is -0.133. The van der Waals surface area contributed by atoms with Crippen LogP contribution in [0.2, 0.25) is 0 Å². The zero-order chi connectivity index (χ0) is 17.1. The molecule has 0 unspecified atom stereocenters. The summed E-state index contributed by atoms with van der Waals surface area (Å²) in [5.74, 6) is -0.484. The van der Waals surface area contributed by atoms with Gasteiger partial charge in [-0.1, -0.05) is 30.3 Å². The Morgan fingerprint density at radius 2 is 1.92 bits per heavy atom. The Morgan fingerprint density at radius 1 is 1.21 bits per heavy atom. The van der Waals surface area contributed by atoms with E-state index < -0.39 is 17.9 Å². The molecule has 0 fully saturated rings. The third kappa shape index (κ3) is 3.05. The second-order valence-corrected chi connectivity index (χ2v) is 5.27.